The fourth-order valence-electron chi connectivity index (χ4n) is 1.64. The van der Waals surface area contributed by atoms with Gasteiger partial charge < -0.3 is 5.73 Å². The maximum absolute atomic E-state index is 12.3. The summed E-state index contributed by atoms with van der Waals surface area (Å²) in [5, 5.41) is 0. The van der Waals surface area contributed by atoms with Crippen LogP contribution in [0.4, 0.5) is 5.69 Å². The molecule has 0 amide bonds. The molecule has 8 heteroatoms. The quantitative estimate of drug-likeness (QED) is 0.785. The second-order valence-corrected chi connectivity index (χ2v) is 8.75. The Labute approximate surface area is 135 Å². The lowest BCUT2D eigenvalue weighted by Crippen LogP contribution is -2.14. The first-order chi connectivity index (χ1) is 9.29. The van der Waals surface area contributed by atoms with Crippen LogP contribution in [-0.2, 0) is 10.0 Å². The Balaban J connectivity index is 2.36. The molecule has 1 aromatic carbocycles. The van der Waals surface area contributed by atoms with Gasteiger partial charge in [-0.15, -0.1) is 11.3 Å². The molecule has 20 heavy (non-hydrogen) atoms. The zero-order valence-electron chi connectivity index (χ0n) is 10.4. The molecule has 0 unspecified atom stereocenters. The zero-order chi connectivity index (χ0) is 14.9. The van der Waals surface area contributed by atoms with Crippen molar-refractivity contribution in [2.24, 2.45) is 5.73 Å². The van der Waals surface area contributed by atoms with Crippen molar-refractivity contribution in [1.82, 2.24) is 0 Å². The average Bonchev–Trinajstić information content (AvgIpc) is 2.69. The number of rotatable bonds is 4. The summed E-state index contributed by atoms with van der Waals surface area (Å²) in [5.74, 6) is 0. The summed E-state index contributed by atoms with van der Waals surface area (Å²) in [5.41, 5.74) is 6.58. The number of thiocarbonyl (C=S) groups is 1. The van der Waals surface area contributed by atoms with Gasteiger partial charge in [0.25, 0.3) is 10.0 Å². The standard InChI is InChI=1S/C12H11BrN2O2S3/c1-7-10(6-11(13)19-7)20(16,17)15-9-4-2-3-8(5-9)12(14)18/h2-6,15H,1H3,(H2,14,18). The Kier molecular flexibility index (Phi) is 4.48. The van der Waals surface area contributed by atoms with E-state index in [1.165, 1.54) is 11.3 Å². The van der Waals surface area contributed by atoms with Gasteiger partial charge in [0.15, 0.2) is 0 Å². The predicted molar refractivity (Wildman–Crippen MR) is 89.9 cm³/mol. The summed E-state index contributed by atoms with van der Waals surface area (Å²) in [4.78, 5) is 1.20. The highest BCUT2D eigenvalue weighted by atomic mass is 79.9. The normalized spacial score (nSPS) is 11.3. The summed E-state index contributed by atoms with van der Waals surface area (Å²) in [6.07, 6.45) is 0. The van der Waals surface area contributed by atoms with Crippen LogP contribution in [-0.4, -0.2) is 13.4 Å². The molecule has 0 radical (unpaired) electrons. The minimum atomic E-state index is -3.62. The predicted octanol–water partition coefficient (Wildman–Crippen LogP) is 3.25. The van der Waals surface area contributed by atoms with E-state index in [2.05, 4.69) is 20.7 Å². The smallest absolute Gasteiger partial charge is 0.263 e. The Hall–Kier alpha value is -0.960. The lowest BCUT2D eigenvalue weighted by atomic mass is 10.2. The molecule has 0 aliphatic heterocycles. The van der Waals surface area contributed by atoms with Crippen LogP contribution in [0.15, 0.2) is 39.0 Å². The van der Waals surface area contributed by atoms with Crippen molar-refractivity contribution in [2.45, 2.75) is 11.8 Å². The molecule has 2 rings (SSSR count). The van der Waals surface area contributed by atoms with Gasteiger partial charge in [-0.3, -0.25) is 4.72 Å². The summed E-state index contributed by atoms with van der Waals surface area (Å²) in [7, 11) is -3.62. The molecule has 1 aromatic heterocycles. The molecule has 1 heterocycles. The summed E-state index contributed by atoms with van der Waals surface area (Å²) in [6, 6.07) is 8.27. The maximum Gasteiger partial charge on any atom is 0.263 e. The van der Waals surface area contributed by atoms with Gasteiger partial charge in [-0.25, -0.2) is 8.42 Å². The van der Waals surface area contributed by atoms with E-state index >= 15 is 0 Å². The van der Waals surface area contributed by atoms with Crippen LogP contribution in [0.5, 0.6) is 0 Å². The van der Waals surface area contributed by atoms with Crippen LogP contribution in [0, 0.1) is 6.92 Å². The van der Waals surface area contributed by atoms with Gasteiger partial charge in [-0.05, 0) is 41.1 Å². The minimum Gasteiger partial charge on any atom is -0.389 e. The van der Waals surface area contributed by atoms with Crippen molar-refractivity contribution in [3.63, 3.8) is 0 Å². The highest BCUT2D eigenvalue weighted by Gasteiger charge is 2.19. The molecule has 0 aliphatic carbocycles. The van der Waals surface area contributed by atoms with Crippen LogP contribution in [0.3, 0.4) is 0 Å². The molecule has 0 bridgehead atoms. The van der Waals surface area contributed by atoms with Crippen LogP contribution >= 0.6 is 39.5 Å². The van der Waals surface area contributed by atoms with Gasteiger partial charge in [-0.2, -0.15) is 0 Å². The van der Waals surface area contributed by atoms with Crippen molar-refractivity contribution < 1.29 is 8.42 Å². The number of nitrogens with two attached hydrogens (primary N) is 1. The monoisotopic (exact) mass is 390 g/mol. The van der Waals surface area contributed by atoms with Crippen molar-refractivity contribution >= 4 is 60.2 Å². The highest BCUT2D eigenvalue weighted by Crippen LogP contribution is 2.30. The number of benzene rings is 1. The zero-order valence-corrected chi connectivity index (χ0v) is 14.4. The van der Waals surface area contributed by atoms with Crippen LogP contribution < -0.4 is 10.5 Å². The SMILES string of the molecule is Cc1sc(Br)cc1S(=O)(=O)Nc1cccc(C(N)=S)c1. The van der Waals surface area contributed by atoms with Gasteiger partial charge >= 0.3 is 0 Å². The molecule has 0 spiro atoms. The van der Waals surface area contributed by atoms with Gasteiger partial charge in [0, 0.05) is 16.1 Å². The van der Waals surface area contributed by atoms with Gasteiger partial charge in [0.2, 0.25) is 0 Å². The number of sulfonamides is 1. The first kappa shape index (κ1) is 15.4. The molecule has 2 aromatic rings. The molecule has 0 saturated heterocycles. The molecule has 106 valence electrons. The van der Waals surface area contributed by atoms with Gasteiger partial charge in [-0.1, -0.05) is 24.4 Å². The Morgan fingerprint density at radius 2 is 2.10 bits per heavy atom. The van der Waals surface area contributed by atoms with E-state index in [9.17, 15) is 8.42 Å². The van der Waals surface area contributed by atoms with Gasteiger partial charge in [0.1, 0.15) is 9.88 Å². The topological polar surface area (TPSA) is 72.2 Å². The molecule has 4 nitrogen and oxygen atoms in total. The van der Waals surface area contributed by atoms with E-state index in [-0.39, 0.29) is 9.88 Å². The van der Waals surface area contributed by atoms with Gasteiger partial charge in [0.05, 0.1) is 3.79 Å². The average molecular weight is 391 g/mol. The maximum atomic E-state index is 12.3. The fraction of sp³-hybridized carbons (Fsp3) is 0.0833. The Morgan fingerprint density at radius 1 is 1.40 bits per heavy atom. The number of thiophene rings is 1. The largest absolute Gasteiger partial charge is 0.389 e. The van der Waals surface area contributed by atoms with E-state index in [1.807, 2.05) is 0 Å². The third kappa shape index (κ3) is 3.38. The van der Waals surface area contributed by atoms with E-state index in [1.54, 1.807) is 37.3 Å². The van der Waals surface area contributed by atoms with E-state index in [0.29, 0.717) is 11.3 Å². The molecular weight excluding hydrogens is 380 g/mol. The second-order valence-electron chi connectivity index (χ2n) is 4.02. The number of hydrogen-bond acceptors (Lipinski definition) is 4. The highest BCUT2D eigenvalue weighted by molar-refractivity contribution is 9.11. The number of hydrogen-bond donors (Lipinski definition) is 2. The van der Waals surface area contributed by atoms with E-state index in [4.69, 9.17) is 18.0 Å². The lowest BCUT2D eigenvalue weighted by molar-refractivity contribution is 0.601. The molecule has 0 saturated carbocycles. The lowest BCUT2D eigenvalue weighted by Gasteiger charge is -2.08. The second kappa shape index (κ2) is 5.80. The third-order valence-electron chi connectivity index (χ3n) is 2.53. The third-order valence-corrected chi connectivity index (χ3v) is 5.96. The Morgan fingerprint density at radius 3 is 2.65 bits per heavy atom. The number of aryl methyl sites for hydroxylation is 1. The Bertz CT molecular complexity index is 769. The first-order valence-corrected chi connectivity index (χ1v) is 8.98. The molecule has 0 aliphatic rings. The number of nitrogens with one attached hydrogen (secondary N) is 1. The number of halogens is 1. The van der Waals surface area contributed by atoms with E-state index in [0.717, 1.165) is 8.66 Å². The molecule has 3 N–H and O–H groups in total. The summed E-state index contributed by atoms with van der Waals surface area (Å²) >= 11 is 9.53. The van der Waals surface area contributed by atoms with Crippen LogP contribution in [0.1, 0.15) is 10.4 Å². The van der Waals surface area contributed by atoms with E-state index < -0.39 is 10.0 Å². The fourth-order valence-corrected chi connectivity index (χ4v) is 5.24. The molecule has 0 atom stereocenters. The van der Waals surface area contributed by atoms with Crippen molar-refractivity contribution in [3.05, 3.63) is 44.6 Å². The van der Waals surface area contributed by atoms with Crippen molar-refractivity contribution in [3.8, 4) is 0 Å². The van der Waals surface area contributed by atoms with Crippen molar-refractivity contribution in [2.75, 3.05) is 4.72 Å². The van der Waals surface area contributed by atoms with Crippen molar-refractivity contribution in [1.29, 1.82) is 0 Å². The van der Waals surface area contributed by atoms with Crippen LogP contribution in [0.2, 0.25) is 0 Å². The van der Waals surface area contributed by atoms with Crippen LogP contribution in [0.25, 0.3) is 0 Å². The molecule has 0 fully saturated rings. The first-order valence-electron chi connectivity index (χ1n) is 5.48. The minimum absolute atomic E-state index is 0.223. The number of anilines is 1. The summed E-state index contributed by atoms with van der Waals surface area (Å²) < 4.78 is 28.0. The molecular formula is C12H11BrN2O2S3. The summed E-state index contributed by atoms with van der Waals surface area (Å²) in [6.45, 7) is 1.76.